The minimum absolute atomic E-state index is 0.360. The van der Waals surface area contributed by atoms with Crippen LogP contribution in [0.1, 0.15) is 5.56 Å². The fourth-order valence-corrected chi connectivity index (χ4v) is 4.93. The first-order valence-electron chi connectivity index (χ1n) is 6.56. The molecule has 4 rings (SSSR count). The van der Waals surface area contributed by atoms with Gasteiger partial charge in [-0.05, 0) is 11.6 Å². The normalized spacial score (nSPS) is 20.7. The van der Waals surface area contributed by atoms with Crippen LogP contribution in [0.4, 0.5) is 0 Å². The molecule has 0 aliphatic carbocycles. The molecule has 0 saturated carbocycles. The van der Waals surface area contributed by atoms with Crippen molar-refractivity contribution >= 4 is 35.2 Å². The second-order valence-corrected chi connectivity index (χ2v) is 7.19. The molecule has 0 aromatic heterocycles. The van der Waals surface area contributed by atoms with Crippen molar-refractivity contribution in [3.05, 3.63) is 51.5 Å². The van der Waals surface area contributed by atoms with Gasteiger partial charge in [0.1, 0.15) is 17.0 Å². The maximum absolute atomic E-state index is 12.0. The van der Waals surface area contributed by atoms with E-state index in [1.165, 1.54) is 0 Å². The van der Waals surface area contributed by atoms with Crippen molar-refractivity contribution in [3.8, 4) is 5.75 Å². The zero-order valence-electron chi connectivity index (χ0n) is 11.0. The number of hydrogen-bond acceptors (Lipinski definition) is 6. The van der Waals surface area contributed by atoms with E-state index in [2.05, 4.69) is 5.16 Å². The van der Waals surface area contributed by atoms with Gasteiger partial charge in [0.15, 0.2) is 0 Å². The van der Waals surface area contributed by atoms with Crippen LogP contribution in [-0.4, -0.2) is 23.2 Å². The molecule has 0 N–H and O–H groups in total. The lowest BCUT2D eigenvalue weighted by atomic mass is 9.96. The van der Waals surface area contributed by atoms with E-state index in [1.807, 2.05) is 24.3 Å². The monoisotopic (exact) mass is 317 g/mol. The molecule has 3 aliphatic rings. The Morgan fingerprint density at radius 2 is 1.95 bits per heavy atom. The molecule has 1 aromatic carbocycles. The summed E-state index contributed by atoms with van der Waals surface area (Å²) in [4.78, 5) is 16.9. The van der Waals surface area contributed by atoms with Gasteiger partial charge in [0.05, 0.1) is 10.5 Å². The molecular formula is C15H11NO3S2. The highest BCUT2D eigenvalue weighted by Gasteiger charge is 2.34. The van der Waals surface area contributed by atoms with Gasteiger partial charge in [0, 0.05) is 23.5 Å². The van der Waals surface area contributed by atoms with Crippen LogP contribution in [0, 0.1) is 0 Å². The highest BCUT2D eigenvalue weighted by Crippen LogP contribution is 2.42. The Kier molecular flexibility index (Phi) is 3.27. The molecule has 1 aromatic rings. The molecule has 106 valence electrons. The van der Waals surface area contributed by atoms with E-state index in [1.54, 1.807) is 29.8 Å². The Bertz CT molecular complexity index is 713. The van der Waals surface area contributed by atoms with Crippen molar-refractivity contribution in [2.75, 3.05) is 11.5 Å². The summed E-state index contributed by atoms with van der Waals surface area (Å²) in [6, 6.07) is 7.87. The van der Waals surface area contributed by atoms with Gasteiger partial charge in [-0.15, -0.1) is 23.5 Å². The van der Waals surface area contributed by atoms with Crippen LogP contribution in [0.25, 0.3) is 0 Å². The summed E-state index contributed by atoms with van der Waals surface area (Å²) >= 11 is 3.38. The van der Waals surface area contributed by atoms with E-state index in [9.17, 15) is 4.79 Å². The zero-order chi connectivity index (χ0) is 14.2. The molecule has 3 heterocycles. The van der Waals surface area contributed by atoms with Gasteiger partial charge in [-0.25, -0.2) is 4.79 Å². The van der Waals surface area contributed by atoms with Crippen LogP contribution < -0.4 is 4.74 Å². The SMILES string of the molecule is O=C1ON=C(C2=COc3ccccc3C2)C1=C1SCCS1. The number of hydrogen-bond donors (Lipinski definition) is 0. The third kappa shape index (κ3) is 2.28. The topological polar surface area (TPSA) is 47.9 Å². The Morgan fingerprint density at radius 3 is 2.81 bits per heavy atom. The first kappa shape index (κ1) is 13.0. The van der Waals surface area contributed by atoms with Crippen molar-refractivity contribution in [2.24, 2.45) is 5.16 Å². The third-order valence-corrected chi connectivity index (χ3v) is 6.12. The zero-order valence-corrected chi connectivity index (χ0v) is 12.6. The summed E-state index contributed by atoms with van der Waals surface area (Å²) in [5.41, 5.74) is 3.19. The van der Waals surface area contributed by atoms with Crippen LogP contribution >= 0.6 is 23.5 Å². The van der Waals surface area contributed by atoms with Gasteiger partial charge in [0.2, 0.25) is 0 Å². The van der Waals surface area contributed by atoms with Crippen molar-refractivity contribution in [3.63, 3.8) is 0 Å². The largest absolute Gasteiger partial charge is 0.464 e. The average molecular weight is 317 g/mol. The molecule has 3 aliphatic heterocycles. The lowest BCUT2D eigenvalue weighted by Crippen LogP contribution is -2.14. The number of benzene rings is 1. The van der Waals surface area contributed by atoms with Crippen molar-refractivity contribution in [1.29, 1.82) is 0 Å². The molecule has 6 heteroatoms. The molecule has 0 unspecified atom stereocenters. The molecule has 0 spiro atoms. The first-order valence-corrected chi connectivity index (χ1v) is 8.53. The Hall–Kier alpha value is -1.66. The summed E-state index contributed by atoms with van der Waals surface area (Å²) in [5, 5.41) is 3.97. The van der Waals surface area contributed by atoms with E-state index >= 15 is 0 Å². The average Bonchev–Trinajstić information content (AvgIpc) is 3.15. The van der Waals surface area contributed by atoms with Crippen LogP contribution in [0.15, 0.2) is 51.1 Å². The summed E-state index contributed by atoms with van der Waals surface area (Å²) in [7, 11) is 0. The molecule has 1 saturated heterocycles. The Morgan fingerprint density at radius 1 is 1.14 bits per heavy atom. The van der Waals surface area contributed by atoms with Crippen LogP contribution in [0.2, 0.25) is 0 Å². The van der Waals surface area contributed by atoms with E-state index < -0.39 is 0 Å². The summed E-state index contributed by atoms with van der Waals surface area (Å²) in [6.45, 7) is 0. The number of para-hydroxylation sites is 1. The van der Waals surface area contributed by atoms with E-state index in [0.717, 1.165) is 32.6 Å². The van der Waals surface area contributed by atoms with Gasteiger partial charge in [-0.3, -0.25) is 0 Å². The van der Waals surface area contributed by atoms with Crippen LogP contribution in [0.3, 0.4) is 0 Å². The number of fused-ring (bicyclic) bond motifs is 1. The lowest BCUT2D eigenvalue weighted by molar-refractivity contribution is -0.136. The number of carbonyl (C=O) groups excluding carboxylic acids is 1. The highest BCUT2D eigenvalue weighted by molar-refractivity contribution is 8.25. The second kappa shape index (κ2) is 5.27. The van der Waals surface area contributed by atoms with Gasteiger partial charge < -0.3 is 9.57 Å². The van der Waals surface area contributed by atoms with E-state index in [-0.39, 0.29) is 5.97 Å². The smallest absolute Gasteiger partial charge is 0.369 e. The Labute approximate surface area is 130 Å². The van der Waals surface area contributed by atoms with Gasteiger partial charge in [0.25, 0.3) is 0 Å². The van der Waals surface area contributed by atoms with Crippen LogP contribution in [-0.2, 0) is 16.1 Å². The standard InChI is InChI=1S/C15H11NO3S2/c17-14-12(15-20-5-6-21-15)13(16-19-14)10-7-9-3-1-2-4-11(9)18-8-10/h1-4,8H,5-7H2. The maximum atomic E-state index is 12.0. The molecule has 0 atom stereocenters. The number of rotatable bonds is 1. The minimum Gasteiger partial charge on any atom is -0.464 e. The molecule has 21 heavy (non-hydrogen) atoms. The summed E-state index contributed by atoms with van der Waals surface area (Å²) in [5.74, 6) is 2.53. The van der Waals surface area contributed by atoms with E-state index in [4.69, 9.17) is 9.57 Å². The van der Waals surface area contributed by atoms with Crippen molar-refractivity contribution < 1.29 is 14.4 Å². The first-order chi connectivity index (χ1) is 10.3. The quantitative estimate of drug-likeness (QED) is 0.588. The third-order valence-electron chi connectivity index (χ3n) is 3.40. The number of oxime groups is 1. The molecule has 1 fully saturated rings. The number of allylic oxidation sites excluding steroid dienone is 1. The van der Waals surface area contributed by atoms with Crippen molar-refractivity contribution in [2.45, 2.75) is 6.42 Å². The molecule has 4 nitrogen and oxygen atoms in total. The molecule has 0 bridgehead atoms. The second-order valence-electron chi connectivity index (χ2n) is 4.72. The fraction of sp³-hybridized carbons (Fsp3) is 0.200. The number of nitrogens with zero attached hydrogens (tertiary/aromatic N) is 1. The number of thioether (sulfide) groups is 2. The predicted octanol–water partition coefficient (Wildman–Crippen LogP) is 3.11. The van der Waals surface area contributed by atoms with Crippen molar-refractivity contribution in [1.82, 2.24) is 0 Å². The predicted molar refractivity (Wildman–Crippen MR) is 84.3 cm³/mol. The molecule has 0 radical (unpaired) electrons. The highest BCUT2D eigenvalue weighted by atomic mass is 32.2. The lowest BCUT2D eigenvalue weighted by Gasteiger charge is -2.16. The summed E-state index contributed by atoms with van der Waals surface area (Å²) in [6.07, 6.45) is 2.37. The maximum Gasteiger partial charge on any atom is 0.369 e. The van der Waals surface area contributed by atoms with Gasteiger partial charge in [-0.2, -0.15) is 0 Å². The molecular weight excluding hydrogens is 306 g/mol. The van der Waals surface area contributed by atoms with Gasteiger partial charge >= 0.3 is 5.97 Å². The molecule has 0 amide bonds. The summed E-state index contributed by atoms with van der Waals surface area (Å²) < 4.78 is 6.66. The minimum atomic E-state index is -0.360. The number of carbonyl (C=O) groups is 1. The van der Waals surface area contributed by atoms with Crippen LogP contribution in [0.5, 0.6) is 5.75 Å². The van der Waals surface area contributed by atoms with Gasteiger partial charge in [-0.1, -0.05) is 23.4 Å². The fourth-order valence-electron chi connectivity index (χ4n) is 2.41. The number of ether oxygens (including phenoxy) is 1. The Balaban J connectivity index is 1.70. The van der Waals surface area contributed by atoms with E-state index in [0.29, 0.717) is 17.7 Å².